The van der Waals surface area contributed by atoms with Crippen molar-refractivity contribution in [3.8, 4) is 0 Å². The molecule has 2 amide bonds. The predicted molar refractivity (Wildman–Crippen MR) is 138 cm³/mol. The van der Waals surface area contributed by atoms with Gasteiger partial charge in [-0.05, 0) is 61.6 Å². The van der Waals surface area contributed by atoms with Crippen molar-refractivity contribution in [2.45, 2.75) is 61.9 Å². The van der Waals surface area contributed by atoms with E-state index in [4.69, 9.17) is 0 Å². The van der Waals surface area contributed by atoms with Crippen molar-refractivity contribution < 1.29 is 9.59 Å². The highest BCUT2D eigenvalue weighted by molar-refractivity contribution is 7.99. The van der Waals surface area contributed by atoms with Crippen LogP contribution in [0.25, 0.3) is 0 Å². The van der Waals surface area contributed by atoms with E-state index in [0.717, 1.165) is 40.3 Å². The van der Waals surface area contributed by atoms with Crippen LogP contribution in [0.15, 0.2) is 76.5 Å². The van der Waals surface area contributed by atoms with Crippen LogP contribution in [-0.2, 0) is 6.54 Å². The molecule has 5 rings (SSSR count). The van der Waals surface area contributed by atoms with E-state index < -0.39 is 0 Å². The summed E-state index contributed by atoms with van der Waals surface area (Å²) in [5, 5.41) is 3.26. The minimum absolute atomic E-state index is 0.0408. The smallest absolute Gasteiger partial charge is 0.259 e. The third kappa shape index (κ3) is 4.62. The number of carbonyl (C=O) groups is 2. The normalized spacial score (nSPS) is 19.7. The first-order valence-corrected chi connectivity index (χ1v) is 12.9. The first-order valence-electron chi connectivity index (χ1n) is 12.1. The van der Waals surface area contributed by atoms with Crippen LogP contribution in [0.4, 0.5) is 5.69 Å². The first-order chi connectivity index (χ1) is 16.5. The molecule has 1 aliphatic heterocycles. The lowest BCUT2D eigenvalue weighted by molar-refractivity contribution is 0.0908. The maximum Gasteiger partial charge on any atom is 0.259 e. The zero-order valence-corrected chi connectivity index (χ0v) is 20.5. The van der Waals surface area contributed by atoms with Gasteiger partial charge >= 0.3 is 0 Å². The highest BCUT2D eigenvalue weighted by atomic mass is 32.2. The van der Waals surface area contributed by atoms with E-state index >= 15 is 0 Å². The Kier molecular flexibility index (Phi) is 6.46. The Hall–Kier alpha value is -3.05. The van der Waals surface area contributed by atoms with Gasteiger partial charge in [0.15, 0.2) is 0 Å². The molecule has 0 aromatic heterocycles. The summed E-state index contributed by atoms with van der Waals surface area (Å²) in [7, 11) is 0. The molecule has 2 atom stereocenters. The molecule has 5 heteroatoms. The summed E-state index contributed by atoms with van der Waals surface area (Å²) in [6, 6.07) is 22.0. The van der Waals surface area contributed by atoms with Crippen molar-refractivity contribution in [2.75, 3.05) is 4.90 Å². The van der Waals surface area contributed by atoms with Gasteiger partial charge < -0.3 is 10.2 Å². The highest BCUT2D eigenvalue weighted by Gasteiger charge is 2.29. The molecule has 4 nitrogen and oxygen atoms in total. The Balaban J connectivity index is 1.51. The van der Waals surface area contributed by atoms with Crippen LogP contribution in [0.1, 0.15) is 64.4 Å². The van der Waals surface area contributed by atoms with Crippen LogP contribution < -0.4 is 10.2 Å². The number of anilines is 1. The van der Waals surface area contributed by atoms with Crippen molar-refractivity contribution in [3.05, 3.63) is 89.0 Å². The second-order valence-electron chi connectivity index (χ2n) is 9.50. The lowest BCUT2D eigenvalue weighted by atomic mass is 9.86. The van der Waals surface area contributed by atoms with Gasteiger partial charge in [0, 0.05) is 21.4 Å². The number of carbonyl (C=O) groups excluding carboxylic acids is 2. The van der Waals surface area contributed by atoms with Crippen molar-refractivity contribution >= 4 is 29.3 Å². The van der Waals surface area contributed by atoms with Gasteiger partial charge in [-0.3, -0.25) is 9.59 Å². The molecule has 1 heterocycles. The van der Waals surface area contributed by atoms with Gasteiger partial charge in [0.1, 0.15) is 0 Å². The Bertz CT molecular complexity index is 1220. The molecule has 3 aromatic rings. The van der Waals surface area contributed by atoms with Crippen LogP contribution in [0.3, 0.4) is 0 Å². The van der Waals surface area contributed by atoms with E-state index in [1.807, 2.05) is 47.4 Å². The number of hydrogen-bond acceptors (Lipinski definition) is 3. The average molecular weight is 471 g/mol. The number of aryl methyl sites for hydroxylation is 1. The van der Waals surface area contributed by atoms with Crippen molar-refractivity contribution in [2.24, 2.45) is 5.92 Å². The van der Waals surface area contributed by atoms with Gasteiger partial charge in [-0.1, -0.05) is 73.5 Å². The van der Waals surface area contributed by atoms with E-state index in [2.05, 4.69) is 43.4 Å². The molecule has 34 heavy (non-hydrogen) atoms. The number of fused-ring (bicyclic) bond motifs is 2. The Labute approximate surface area is 205 Å². The molecule has 0 spiro atoms. The van der Waals surface area contributed by atoms with Crippen LogP contribution in [0, 0.1) is 12.8 Å². The number of nitrogens with one attached hydrogen (secondary N) is 1. The fourth-order valence-corrected chi connectivity index (χ4v) is 5.94. The van der Waals surface area contributed by atoms with Gasteiger partial charge in [-0.15, -0.1) is 0 Å². The van der Waals surface area contributed by atoms with Gasteiger partial charge in [-0.2, -0.15) is 0 Å². The molecular weight excluding hydrogens is 440 g/mol. The molecule has 2 aliphatic rings. The van der Waals surface area contributed by atoms with E-state index in [1.54, 1.807) is 11.8 Å². The largest absolute Gasteiger partial charge is 0.349 e. The van der Waals surface area contributed by atoms with E-state index in [0.29, 0.717) is 23.6 Å². The van der Waals surface area contributed by atoms with Gasteiger partial charge in [0.25, 0.3) is 11.8 Å². The Morgan fingerprint density at radius 3 is 2.56 bits per heavy atom. The standard InChI is InChI=1S/C29H30N2O2S/c1-19-11-13-21(14-12-19)18-31-25-17-22(28(32)30-24-9-5-3-7-20(24)2)15-16-27(25)34-26-10-6-4-8-23(26)29(31)33/h4,6,8,10-17,20,24H,3,5,7,9,18H2,1-2H3,(H,30,32). The second kappa shape index (κ2) is 9.67. The number of benzene rings is 3. The lowest BCUT2D eigenvalue weighted by Crippen LogP contribution is -2.41. The SMILES string of the molecule is Cc1ccc(CN2C(=O)c3ccccc3Sc3ccc(C(=O)NC4CCCCC4C)cc32)cc1. The van der Waals surface area contributed by atoms with Crippen LogP contribution >= 0.6 is 11.8 Å². The third-order valence-corrected chi connectivity index (χ3v) is 8.12. The van der Waals surface area contributed by atoms with Gasteiger partial charge in [0.2, 0.25) is 0 Å². The quantitative estimate of drug-likeness (QED) is 0.466. The number of nitrogens with zero attached hydrogens (tertiary/aromatic N) is 1. The summed E-state index contributed by atoms with van der Waals surface area (Å²) in [5.41, 5.74) is 4.32. The van der Waals surface area contributed by atoms with Crippen LogP contribution in [0.5, 0.6) is 0 Å². The monoisotopic (exact) mass is 470 g/mol. The minimum atomic E-state index is -0.0592. The topological polar surface area (TPSA) is 49.4 Å². The number of hydrogen-bond donors (Lipinski definition) is 1. The fraction of sp³-hybridized carbons (Fsp3) is 0.310. The summed E-state index contributed by atoms with van der Waals surface area (Å²) in [6.07, 6.45) is 4.58. The van der Waals surface area contributed by atoms with E-state index in [9.17, 15) is 9.59 Å². The molecule has 1 saturated carbocycles. The first kappa shape index (κ1) is 22.7. The summed E-state index contributed by atoms with van der Waals surface area (Å²) in [5.74, 6) is 0.389. The van der Waals surface area contributed by atoms with E-state index in [1.165, 1.54) is 12.0 Å². The molecule has 174 valence electrons. The maximum absolute atomic E-state index is 13.7. The van der Waals surface area contributed by atoms with E-state index in [-0.39, 0.29) is 17.9 Å². The molecule has 1 aliphatic carbocycles. The van der Waals surface area contributed by atoms with Crippen LogP contribution in [0.2, 0.25) is 0 Å². The summed E-state index contributed by atoms with van der Waals surface area (Å²) in [4.78, 5) is 30.7. The number of amides is 2. The zero-order chi connectivity index (χ0) is 23.7. The van der Waals surface area contributed by atoms with Crippen LogP contribution in [-0.4, -0.2) is 17.9 Å². The van der Waals surface area contributed by atoms with Gasteiger partial charge in [-0.25, -0.2) is 0 Å². The third-order valence-electron chi connectivity index (χ3n) is 6.98. The second-order valence-corrected chi connectivity index (χ2v) is 10.6. The summed E-state index contributed by atoms with van der Waals surface area (Å²) < 4.78 is 0. The van der Waals surface area contributed by atoms with Crippen molar-refractivity contribution in [3.63, 3.8) is 0 Å². The summed E-state index contributed by atoms with van der Waals surface area (Å²) >= 11 is 1.59. The zero-order valence-electron chi connectivity index (χ0n) is 19.7. The molecule has 1 fully saturated rings. The molecule has 2 unspecified atom stereocenters. The fourth-order valence-electron chi connectivity index (χ4n) is 4.88. The average Bonchev–Trinajstić information content (AvgIpc) is 2.96. The van der Waals surface area contributed by atoms with Gasteiger partial charge in [0.05, 0.1) is 17.8 Å². The molecule has 3 aromatic carbocycles. The minimum Gasteiger partial charge on any atom is -0.349 e. The Morgan fingerprint density at radius 1 is 1.00 bits per heavy atom. The molecular formula is C29H30N2O2S. The Morgan fingerprint density at radius 2 is 1.76 bits per heavy atom. The molecule has 1 N–H and O–H groups in total. The predicted octanol–water partition coefficient (Wildman–Crippen LogP) is 6.62. The van der Waals surface area contributed by atoms with Crippen molar-refractivity contribution in [1.82, 2.24) is 5.32 Å². The van der Waals surface area contributed by atoms with Crippen molar-refractivity contribution in [1.29, 1.82) is 0 Å². The molecule has 0 saturated heterocycles. The molecule has 0 radical (unpaired) electrons. The maximum atomic E-state index is 13.7. The molecule has 0 bridgehead atoms. The number of rotatable bonds is 4. The highest BCUT2D eigenvalue weighted by Crippen LogP contribution is 2.42. The summed E-state index contributed by atoms with van der Waals surface area (Å²) in [6.45, 7) is 4.73. The lowest BCUT2D eigenvalue weighted by Gasteiger charge is -2.29.